The summed E-state index contributed by atoms with van der Waals surface area (Å²) in [6.07, 6.45) is 1.04. The highest BCUT2D eigenvalue weighted by molar-refractivity contribution is 9.10. The molecule has 0 saturated carbocycles. The minimum Gasteiger partial charge on any atom is -0.350 e. The lowest BCUT2D eigenvalue weighted by atomic mass is 9.95. The van der Waals surface area contributed by atoms with Crippen molar-refractivity contribution in [3.8, 4) is 0 Å². The van der Waals surface area contributed by atoms with Crippen LogP contribution in [0.15, 0.2) is 22.7 Å². The maximum Gasteiger partial charge on any atom is 0.0829 e. The van der Waals surface area contributed by atoms with Crippen LogP contribution in [0.5, 0.6) is 0 Å². The van der Waals surface area contributed by atoms with Gasteiger partial charge in [0.15, 0.2) is 0 Å². The van der Waals surface area contributed by atoms with E-state index in [1.165, 1.54) is 5.56 Å². The summed E-state index contributed by atoms with van der Waals surface area (Å²) in [6.45, 7) is 2.15. The zero-order chi connectivity index (χ0) is 9.42. The lowest BCUT2D eigenvalue weighted by Gasteiger charge is -2.24. The van der Waals surface area contributed by atoms with Crippen molar-refractivity contribution in [2.75, 3.05) is 5.32 Å². The Morgan fingerprint density at radius 2 is 2.31 bits per heavy atom. The summed E-state index contributed by atoms with van der Waals surface area (Å²) in [4.78, 5) is 0.954. The summed E-state index contributed by atoms with van der Waals surface area (Å²) in [5.74, 6) is 0.455. The van der Waals surface area contributed by atoms with E-state index in [4.69, 9.17) is 12.2 Å². The molecule has 0 saturated heterocycles. The second-order valence-corrected chi connectivity index (χ2v) is 4.75. The van der Waals surface area contributed by atoms with E-state index >= 15 is 0 Å². The van der Waals surface area contributed by atoms with Gasteiger partial charge in [0.1, 0.15) is 0 Å². The average molecular weight is 256 g/mol. The Bertz CT molecular complexity index is 362. The molecule has 1 atom stereocenters. The second kappa shape index (κ2) is 3.39. The number of fused-ring (bicyclic) bond motifs is 1. The maximum atomic E-state index is 5.21. The minimum absolute atomic E-state index is 0.455. The van der Waals surface area contributed by atoms with Crippen LogP contribution in [0, 0.1) is 5.92 Å². The summed E-state index contributed by atoms with van der Waals surface area (Å²) < 4.78 is 1.13. The van der Waals surface area contributed by atoms with Crippen LogP contribution in [0.4, 0.5) is 5.69 Å². The molecule has 1 aromatic carbocycles. The zero-order valence-electron chi connectivity index (χ0n) is 7.30. The molecule has 0 spiro atoms. The van der Waals surface area contributed by atoms with E-state index in [0.29, 0.717) is 5.92 Å². The van der Waals surface area contributed by atoms with Gasteiger partial charge in [0, 0.05) is 16.1 Å². The number of anilines is 1. The predicted octanol–water partition coefficient (Wildman–Crippen LogP) is 3.38. The number of benzene rings is 1. The lowest BCUT2D eigenvalue weighted by Crippen LogP contribution is -2.25. The van der Waals surface area contributed by atoms with E-state index in [2.05, 4.69) is 40.3 Å². The van der Waals surface area contributed by atoms with E-state index in [1.54, 1.807) is 0 Å². The van der Waals surface area contributed by atoms with Crippen molar-refractivity contribution in [3.63, 3.8) is 0 Å². The molecular weight excluding hydrogens is 246 g/mol. The Hall–Kier alpha value is -0.410. The smallest absolute Gasteiger partial charge is 0.0829 e. The molecule has 2 rings (SSSR count). The van der Waals surface area contributed by atoms with E-state index in [-0.39, 0.29) is 0 Å². The first kappa shape index (κ1) is 9.16. The largest absolute Gasteiger partial charge is 0.350 e. The van der Waals surface area contributed by atoms with Gasteiger partial charge in [0.2, 0.25) is 0 Å². The fraction of sp³-hybridized carbons (Fsp3) is 0.300. The highest BCUT2D eigenvalue weighted by atomic mass is 79.9. The van der Waals surface area contributed by atoms with Crippen molar-refractivity contribution >= 4 is 38.8 Å². The van der Waals surface area contributed by atoms with Crippen molar-refractivity contribution in [1.29, 1.82) is 0 Å². The normalized spacial score (nSPS) is 20.8. The topological polar surface area (TPSA) is 12.0 Å². The molecule has 1 unspecified atom stereocenters. The average Bonchev–Trinajstić information content (AvgIpc) is 2.08. The van der Waals surface area contributed by atoms with E-state index in [0.717, 1.165) is 21.6 Å². The second-order valence-electron chi connectivity index (χ2n) is 3.40. The van der Waals surface area contributed by atoms with Gasteiger partial charge in [0.05, 0.1) is 4.99 Å². The highest BCUT2D eigenvalue weighted by Gasteiger charge is 2.18. The zero-order valence-corrected chi connectivity index (χ0v) is 9.71. The molecule has 1 aromatic rings. The molecule has 0 aliphatic carbocycles. The molecular formula is C10H10BrNS. The standard InChI is InChI=1S/C10H10BrNS/c1-6-4-7-5-8(11)2-3-9(7)12-10(6)13/h2-3,5-6H,4H2,1H3,(H,12,13). The molecule has 0 bridgehead atoms. The molecule has 13 heavy (non-hydrogen) atoms. The predicted molar refractivity (Wildman–Crippen MR) is 63.2 cm³/mol. The van der Waals surface area contributed by atoms with Crippen molar-refractivity contribution in [2.45, 2.75) is 13.3 Å². The molecule has 0 fully saturated rings. The molecule has 68 valence electrons. The van der Waals surface area contributed by atoms with Gasteiger partial charge in [-0.15, -0.1) is 0 Å². The number of hydrogen-bond acceptors (Lipinski definition) is 1. The van der Waals surface area contributed by atoms with E-state index < -0.39 is 0 Å². The van der Waals surface area contributed by atoms with Gasteiger partial charge in [-0.3, -0.25) is 0 Å². The van der Waals surface area contributed by atoms with Gasteiger partial charge < -0.3 is 5.32 Å². The van der Waals surface area contributed by atoms with E-state index in [9.17, 15) is 0 Å². The summed E-state index contributed by atoms with van der Waals surface area (Å²) >= 11 is 8.68. The minimum atomic E-state index is 0.455. The Morgan fingerprint density at radius 1 is 1.54 bits per heavy atom. The van der Waals surface area contributed by atoms with Gasteiger partial charge in [0.25, 0.3) is 0 Å². The summed E-state index contributed by atoms with van der Waals surface area (Å²) in [5.41, 5.74) is 2.50. The maximum absolute atomic E-state index is 5.21. The number of hydrogen-bond donors (Lipinski definition) is 1. The van der Waals surface area contributed by atoms with Gasteiger partial charge in [-0.2, -0.15) is 0 Å². The number of nitrogens with one attached hydrogen (secondary N) is 1. The third-order valence-corrected chi connectivity index (χ3v) is 3.30. The Kier molecular flexibility index (Phi) is 2.39. The quantitative estimate of drug-likeness (QED) is 0.714. The molecule has 0 amide bonds. The Labute approximate surface area is 91.7 Å². The monoisotopic (exact) mass is 255 g/mol. The van der Waals surface area contributed by atoms with Crippen LogP contribution in [0.3, 0.4) is 0 Å². The van der Waals surface area contributed by atoms with Crippen molar-refractivity contribution in [2.24, 2.45) is 5.92 Å². The summed E-state index contributed by atoms with van der Waals surface area (Å²) in [6, 6.07) is 6.25. The third kappa shape index (κ3) is 1.76. The molecule has 1 N–H and O–H groups in total. The number of thiocarbonyl (C=S) groups is 1. The first-order chi connectivity index (χ1) is 6.16. The van der Waals surface area contributed by atoms with Gasteiger partial charge >= 0.3 is 0 Å². The molecule has 1 nitrogen and oxygen atoms in total. The Balaban J connectivity index is 2.42. The molecule has 1 heterocycles. The molecule has 1 aliphatic heterocycles. The van der Waals surface area contributed by atoms with Crippen LogP contribution >= 0.6 is 28.1 Å². The van der Waals surface area contributed by atoms with Crippen molar-refractivity contribution < 1.29 is 0 Å². The first-order valence-electron chi connectivity index (χ1n) is 4.26. The van der Waals surface area contributed by atoms with Crippen LogP contribution in [0.2, 0.25) is 0 Å². The van der Waals surface area contributed by atoms with Gasteiger partial charge in [-0.1, -0.05) is 35.1 Å². The van der Waals surface area contributed by atoms with E-state index in [1.807, 2.05) is 6.07 Å². The molecule has 3 heteroatoms. The van der Waals surface area contributed by atoms with Crippen LogP contribution < -0.4 is 5.32 Å². The third-order valence-electron chi connectivity index (χ3n) is 2.30. The number of halogens is 1. The first-order valence-corrected chi connectivity index (χ1v) is 5.46. The number of rotatable bonds is 0. The summed E-state index contributed by atoms with van der Waals surface area (Å²) in [5, 5.41) is 3.25. The van der Waals surface area contributed by atoms with Gasteiger partial charge in [-0.25, -0.2) is 0 Å². The summed E-state index contributed by atoms with van der Waals surface area (Å²) in [7, 11) is 0. The SMILES string of the molecule is CC1Cc2cc(Br)ccc2NC1=S. The lowest BCUT2D eigenvalue weighted by molar-refractivity contribution is 0.764. The van der Waals surface area contributed by atoms with Gasteiger partial charge in [-0.05, 0) is 30.2 Å². The molecule has 1 aliphatic rings. The highest BCUT2D eigenvalue weighted by Crippen LogP contribution is 2.28. The molecule has 0 aromatic heterocycles. The van der Waals surface area contributed by atoms with Crippen molar-refractivity contribution in [1.82, 2.24) is 0 Å². The fourth-order valence-electron chi connectivity index (χ4n) is 1.53. The van der Waals surface area contributed by atoms with Crippen LogP contribution in [0.1, 0.15) is 12.5 Å². The molecule has 0 radical (unpaired) electrons. The van der Waals surface area contributed by atoms with Crippen molar-refractivity contribution in [3.05, 3.63) is 28.2 Å². The van der Waals surface area contributed by atoms with Crippen LogP contribution in [-0.4, -0.2) is 4.99 Å². The Morgan fingerprint density at radius 3 is 3.08 bits per heavy atom. The van der Waals surface area contributed by atoms with Crippen LogP contribution in [-0.2, 0) is 6.42 Å². The van der Waals surface area contributed by atoms with Crippen LogP contribution in [0.25, 0.3) is 0 Å². The fourth-order valence-corrected chi connectivity index (χ4v) is 2.13.